The first-order valence-electron chi connectivity index (χ1n) is 8.06. The van der Waals surface area contributed by atoms with Crippen LogP contribution in [0.2, 0.25) is 0 Å². The number of likely N-dealkylation sites (tertiary alicyclic amines) is 1. The number of aliphatic carboxylic acids is 1. The highest BCUT2D eigenvalue weighted by Crippen LogP contribution is 2.25. The summed E-state index contributed by atoms with van der Waals surface area (Å²) in [7, 11) is 0. The van der Waals surface area contributed by atoms with Gasteiger partial charge in [0.25, 0.3) is 0 Å². The zero-order valence-corrected chi connectivity index (χ0v) is 14.3. The summed E-state index contributed by atoms with van der Waals surface area (Å²) in [5, 5.41) is 12.0. The molecule has 1 N–H and O–H groups in total. The molecule has 0 bridgehead atoms. The van der Waals surface area contributed by atoms with Crippen LogP contribution in [0.15, 0.2) is 35.7 Å². The smallest absolute Gasteiger partial charge is 0.308 e. The monoisotopic (exact) mass is 344 g/mol. The highest BCUT2D eigenvalue weighted by atomic mass is 32.1. The fourth-order valence-corrected chi connectivity index (χ4v) is 3.84. The van der Waals surface area contributed by atoms with E-state index in [0.29, 0.717) is 13.0 Å². The Bertz CT molecular complexity index is 729. The molecule has 2 heterocycles. The molecule has 0 saturated carbocycles. The third-order valence-corrected chi connectivity index (χ3v) is 5.40. The van der Waals surface area contributed by atoms with Crippen molar-refractivity contribution >= 4 is 23.2 Å². The number of nitrogens with zero attached hydrogens (tertiary/aromatic N) is 2. The number of carboxylic acids is 1. The van der Waals surface area contributed by atoms with Crippen LogP contribution in [0.5, 0.6) is 0 Å². The van der Waals surface area contributed by atoms with E-state index in [2.05, 4.69) is 4.98 Å². The molecule has 1 aliphatic heterocycles. The Kier molecular flexibility index (Phi) is 4.94. The van der Waals surface area contributed by atoms with Crippen LogP contribution in [0.1, 0.15) is 25.5 Å². The summed E-state index contributed by atoms with van der Waals surface area (Å²) in [6.07, 6.45) is 1.59. The third-order valence-electron chi connectivity index (χ3n) is 4.46. The molecule has 1 aromatic carbocycles. The summed E-state index contributed by atoms with van der Waals surface area (Å²) >= 11 is 1.52. The molecule has 24 heavy (non-hydrogen) atoms. The van der Waals surface area contributed by atoms with Gasteiger partial charge in [0.05, 0.1) is 18.0 Å². The number of aromatic nitrogens is 1. The van der Waals surface area contributed by atoms with E-state index in [-0.39, 0.29) is 18.4 Å². The van der Waals surface area contributed by atoms with Crippen LogP contribution >= 0.6 is 11.3 Å². The second-order valence-corrected chi connectivity index (χ2v) is 7.05. The maximum atomic E-state index is 12.6. The molecule has 0 unspecified atom stereocenters. The Morgan fingerprint density at radius 3 is 2.75 bits per heavy atom. The van der Waals surface area contributed by atoms with Gasteiger partial charge in [-0.3, -0.25) is 9.59 Å². The van der Waals surface area contributed by atoms with Crippen LogP contribution in [0.4, 0.5) is 0 Å². The van der Waals surface area contributed by atoms with E-state index in [4.69, 9.17) is 0 Å². The van der Waals surface area contributed by atoms with E-state index in [9.17, 15) is 14.7 Å². The Balaban J connectivity index is 1.68. The number of hydrogen-bond donors (Lipinski definition) is 1. The van der Waals surface area contributed by atoms with Crippen molar-refractivity contribution in [2.24, 2.45) is 5.92 Å². The number of rotatable bonds is 4. The summed E-state index contributed by atoms with van der Waals surface area (Å²) in [4.78, 5) is 30.0. The summed E-state index contributed by atoms with van der Waals surface area (Å²) in [5.74, 6) is -1.32. The fraction of sp³-hybridized carbons (Fsp3) is 0.389. The number of piperidine rings is 1. The molecule has 5 nitrogen and oxygen atoms in total. The van der Waals surface area contributed by atoms with Crippen LogP contribution in [0.3, 0.4) is 0 Å². The highest BCUT2D eigenvalue weighted by Gasteiger charge is 2.32. The Labute approximate surface area is 145 Å². The lowest BCUT2D eigenvalue weighted by Crippen LogP contribution is -2.47. The molecule has 1 fully saturated rings. The third kappa shape index (κ3) is 3.64. The number of carboxylic acid groups (broad SMARTS) is 1. The molecular formula is C18H20N2O3S. The largest absolute Gasteiger partial charge is 0.481 e. The predicted octanol–water partition coefficient (Wildman–Crippen LogP) is 3.06. The number of thiazole rings is 1. The van der Waals surface area contributed by atoms with Crippen LogP contribution in [-0.4, -0.2) is 39.5 Å². The molecule has 1 saturated heterocycles. The fourth-order valence-electron chi connectivity index (χ4n) is 3.01. The van der Waals surface area contributed by atoms with Crippen molar-refractivity contribution in [3.05, 3.63) is 41.4 Å². The average molecular weight is 344 g/mol. The first-order valence-corrected chi connectivity index (χ1v) is 8.94. The Morgan fingerprint density at radius 2 is 2.04 bits per heavy atom. The highest BCUT2D eigenvalue weighted by molar-refractivity contribution is 7.13. The summed E-state index contributed by atoms with van der Waals surface area (Å²) in [6.45, 7) is 2.28. The van der Waals surface area contributed by atoms with E-state index in [1.54, 1.807) is 4.90 Å². The minimum absolute atomic E-state index is 0.0432. The van der Waals surface area contributed by atoms with Crippen molar-refractivity contribution in [2.75, 3.05) is 6.54 Å². The number of carbonyl (C=O) groups is 2. The zero-order valence-electron chi connectivity index (χ0n) is 13.5. The molecular weight excluding hydrogens is 324 g/mol. The molecule has 1 aromatic heterocycles. The van der Waals surface area contributed by atoms with Gasteiger partial charge in [-0.1, -0.05) is 30.3 Å². The molecule has 0 aliphatic carbocycles. The molecule has 1 aliphatic rings. The SMILES string of the molecule is C[C@@H]1CC[C@@H](C(=O)O)CN1C(=O)Cc1csc(-c2ccccc2)n1. The molecule has 0 radical (unpaired) electrons. The van der Waals surface area contributed by atoms with Crippen molar-refractivity contribution in [1.82, 2.24) is 9.88 Å². The van der Waals surface area contributed by atoms with Crippen LogP contribution in [0.25, 0.3) is 10.6 Å². The first-order chi connectivity index (χ1) is 11.5. The average Bonchev–Trinajstić information content (AvgIpc) is 3.04. The van der Waals surface area contributed by atoms with E-state index in [0.717, 1.165) is 22.7 Å². The zero-order chi connectivity index (χ0) is 17.1. The Hall–Kier alpha value is -2.21. The predicted molar refractivity (Wildman–Crippen MR) is 92.8 cm³/mol. The number of hydrogen-bond acceptors (Lipinski definition) is 4. The van der Waals surface area contributed by atoms with Gasteiger partial charge in [0.15, 0.2) is 0 Å². The lowest BCUT2D eigenvalue weighted by molar-refractivity contribution is -0.147. The minimum Gasteiger partial charge on any atom is -0.481 e. The second kappa shape index (κ2) is 7.13. The first kappa shape index (κ1) is 16.6. The van der Waals surface area contributed by atoms with E-state index in [1.165, 1.54) is 11.3 Å². The van der Waals surface area contributed by atoms with E-state index in [1.807, 2.05) is 42.6 Å². The molecule has 126 valence electrons. The van der Waals surface area contributed by atoms with Gasteiger partial charge >= 0.3 is 5.97 Å². The van der Waals surface area contributed by atoms with Gasteiger partial charge in [0, 0.05) is 23.5 Å². The van der Waals surface area contributed by atoms with Crippen LogP contribution in [-0.2, 0) is 16.0 Å². The van der Waals surface area contributed by atoms with Gasteiger partial charge < -0.3 is 10.0 Å². The second-order valence-electron chi connectivity index (χ2n) is 6.19. The molecule has 0 spiro atoms. The van der Waals surface area contributed by atoms with Gasteiger partial charge in [-0.05, 0) is 19.8 Å². The van der Waals surface area contributed by atoms with Gasteiger partial charge in [0.1, 0.15) is 5.01 Å². The van der Waals surface area contributed by atoms with E-state index >= 15 is 0 Å². The van der Waals surface area contributed by atoms with Crippen LogP contribution < -0.4 is 0 Å². The summed E-state index contributed by atoms with van der Waals surface area (Å²) in [5.41, 5.74) is 1.78. The van der Waals surface area contributed by atoms with Crippen molar-refractivity contribution in [3.63, 3.8) is 0 Å². The number of carbonyl (C=O) groups excluding carboxylic acids is 1. The maximum absolute atomic E-state index is 12.6. The van der Waals surface area contributed by atoms with Gasteiger partial charge in [0.2, 0.25) is 5.91 Å². The van der Waals surface area contributed by atoms with Crippen molar-refractivity contribution < 1.29 is 14.7 Å². The Morgan fingerprint density at radius 1 is 1.29 bits per heavy atom. The normalized spacial score (nSPS) is 20.8. The summed E-state index contributed by atoms with van der Waals surface area (Å²) < 4.78 is 0. The topological polar surface area (TPSA) is 70.5 Å². The van der Waals surface area contributed by atoms with Crippen molar-refractivity contribution in [3.8, 4) is 10.6 Å². The minimum atomic E-state index is -0.820. The summed E-state index contributed by atoms with van der Waals surface area (Å²) in [6, 6.07) is 9.95. The molecule has 6 heteroatoms. The standard InChI is InChI=1S/C18H20N2O3S/c1-12-7-8-14(18(22)23)10-20(12)16(21)9-15-11-24-17(19-15)13-5-3-2-4-6-13/h2-6,11-12,14H,7-10H2,1H3,(H,22,23)/t12-,14-/m1/s1. The van der Waals surface area contributed by atoms with Crippen LogP contribution in [0, 0.1) is 5.92 Å². The van der Waals surface area contributed by atoms with Crippen molar-refractivity contribution in [1.29, 1.82) is 0 Å². The molecule has 3 rings (SSSR count). The van der Waals surface area contributed by atoms with Gasteiger partial charge in [-0.2, -0.15) is 0 Å². The van der Waals surface area contributed by atoms with E-state index < -0.39 is 11.9 Å². The lowest BCUT2D eigenvalue weighted by atomic mass is 9.93. The van der Waals surface area contributed by atoms with Crippen molar-refractivity contribution in [2.45, 2.75) is 32.2 Å². The quantitative estimate of drug-likeness (QED) is 0.925. The van der Waals surface area contributed by atoms with Gasteiger partial charge in [-0.15, -0.1) is 11.3 Å². The maximum Gasteiger partial charge on any atom is 0.308 e. The van der Waals surface area contributed by atoms with Gasteiger partial charge in [-0.25, -0.2) is 4.98 Å². The number of amides is 1. The molecule has 2 aromatic rings. The molecule has 1 amide bonds. The molecule has 2 atom stereocenters. The lowest BCUT2D eigenvalue weighted by Gasteiger charge is -2.36. The number of benzene rings is 1.